The van der Waals surface area contributed by atoms with Crippen molar-refractivity contribution >= 4 is 27.7 Å². The zero-order chi connectivity index (χ0) is 24.8. The van der Waals surface area contributed by atoms with Crippen molar-refractivity contribution in [3.63, 3.8) is 0 Å². The Balaban J connectivity index is 1.41. The smallest absolute Gasteiger partial charge is 0.255 e. The van der Waals surface area contributed by atoms with Crippen LogP contribution in [0.4, 0.5) is 0 Å². The van der Waals surface area contributed by atoms with Gasteiger partial charge in [-0.3, -0.25) is 9.69 Å². The number of thioether (sulfide) groups is 1. The van der Waals surface area contributed by atoms with Crippen molar-refractivity contribution in [3.8, 4) is 0 Å². The number of hydrogen-bond donors (Lipinski definition) is 1. The molecule has 2 saturated heterocycles. The molecule has 2 aliphatic heterocycles. The Morgan fingerprint density at radius 2 is 1.63 bits per heavy atom. The highest BCUT2D eigenvalue weighted by Crippen LogP contribution is 2.27. The molecule has 0 spiro atoms. The number of benzene rings is 2. The summed E-state index contributed by atoms with van der Waals surface area (Å²) in [6, 6.07) is 13.0. The number of hydrogen-bond acceptors (Lipinski definition) is 5. The summed E-state index contributed by atoms with van der Waals surface area (Å²) in [5, 5.41) is 0. The minimum atomic E-state index is -3.75. The molecule has 35 heavy (non-hydrogen) atoms. The van der Waals surface area contributed by atoms with Gasteiger partial charge in [0.15, 0.2) is 0 Å². The Morgan fingerprint density at radius 1 is 0.971 bits per heavy atom. The molecule has 1 amide bonds. The minimum Gasteiger partial charge on any atom is -0.339 e. The molecule has 0 radical (unpaired) electrons. The van der Waals surface area contributed by atoms with Crippen molar-refractivity contribution in [2.24, 2.45) is 5.92 Å². The van der Waals surface area contributed by atoms with Gasteiger partial charge in [0.25, 0.3) is 5.91 Å². The molecule has 0 saturated carbocycles. The molecule has 4 rings (SSSR count). The Hall–Kier alpha value is -1.87. The Kier molecular flexibility index (Phi) is 8.92. The average Bonchev–Trinajstić information content (AvgIpc) is 2.88. The molecule has 0 bridgehead atoms. The first kappa shape index (κ1) is 26.2. The van der Waals surface area contributed by atoms with Crippen LogP contribution in [0.3, 0.4) is 0 Å². The van der Waals surface area contributed by atoms with Gasteiger partial charge in [0.05, 0.1) is 10.5 Å². The molecule has 2 aliphatic rings. The lowest BCUT2D eigenvalue weighted by Gasteiger charge is -2.30. The molecule has 8 heteroatoms. The fourth-order valence-electron chi connectivity index (χ4n) is 4.80. The van der Waals surface area contributed by atoms with Gasteiger partial charge in [0, 0.05) is 31.1 Å². The van der Waals surface area contributed by atoms with E-state index in [1.807, 2.05) is 23.3 Å². The molecule has 2 aromatic rings. The van der Waals surface area contributed by atoms with Crippen molar-refractivity contribution in [2.45, 2.75) is 61.9 Å². The molecule has 1 N–H and O–H groups in total. The van der Waals surface area contributed by atoms with E-state index in [0.29, 0.717) is 11.5 Å². The average molecular weight is 516 g/mol. The maximum Gasteiger partial charge on any atom is 0.255 e. The minimum absolute atomic E-state index is 0.0809. The zero-order valence-corrected chi connectivity index (χ0v) is 22.5. The number of likely N-dealkylation sites (tertiary alicyclic amines) is 2. The third-order valence-electron chi connectivity index (χ3n) is 7.13. The van der Waals surface area contributed by atoms with Gasteiger partial charge >= 0.3 is 0 Å². The quantitative estimate of drug-likeness (QED) is 0.514. The number of amides is 1. The third kappa shape index (κ3) is 6.88. The van der Waals surface area contributed by atoms with E-state index < -0.39 is 10.0 Å². The number of nitrogens with zero attached hydrogens (tertiary/aromatic N) is 2. The van der Waals surface area contributed by atoms with E-state index in [9.17, 15) is 13.2 Å². The number of sulfonamides is 1. The van der Waals surface area contributed by atoms with E-state index >= 15 is 0 Å². The van der Waals surface area contributed by atoms with Crippen LogP contribution in [0, 0.1) is 5.92 Å². The second-order valence-corrected chi connectivity index (χ2v) is 12.4. The van der Waals surface area contributed by atoms with Crippen molar-refractivity contribution in [1.82, 2.24) is 14.5 Å². The summed E-state index contributed by atoms with van der Waals surface area (Å²) in [6.07, 6.45) is 7.73. The van der Waals surface area contributed by atoms with Gasteiger partial charge in [-0.1, -0.05) is 37.6 Å². The van der Waals surface area contributed by atoms with E-state index in [1.54, 1.807) is 12.1 Å². The van der Waals surface area contributed by atoms with Gasteiger partial charge in [-0.25, -0.2) is 13.1 Å². The van der Waals surface area contributed by atoms with Crippen molar-refractivity contribution in [2.75, 3.05) is 32.4 Å². The summed E-state index contributed by atoms with van der Waals surface area (Å²) in [7, 11) is -3.75. The molecule has 6 nitrogen and oxygen atoms in total. The number of piperidine rings is 2. The van der Waals surface area contributed by atoms with Crippen LogP contribution in [0.1, 0.15) is 60.5 Å². The van der Waals surface area contributed by atoms with E-state index in [1.165, 1.54) is 42.7 Å². The lowest BCUT2D eigenvalue weighted by Crippen LogP contribution is -2.38. The third-order valence-corrected chi connectivity index (χ3v) is 9.32. The highest BCUT2D eigenvalue weighted by atomic mass is 32.2. The number of rotatable bonds is 8. The molecular weight excluding hydrogens is 478 g/mol. The van der Waals surface area contributed by atoms with Crippen molar-refractivity contribution in [1.29, 1.82) is 0 Å². The van der Waals surface area contributed by atoms with Gasteiger partial charge in [0.2, 0.25) is 10.0 Å². The zero-order valence-electron chi connectivity index (χ0n) is 20.8. The molecule has 0 aliphatic carbocycles. The lowest BCUT2D eigenvalue weighted by molar-refractivity contribution is 0.0693. The summed E-state index contributed by atoms with van der Waals surface area (Å²) in [4.78, 5) is 18.5. The van der Waals surface area contributed by atoms with Gasteiger partial charge in [-0.2, -0.15) is 0 Å². The van der Waals surface area contributed by atoms with Crippen LogP contribution in [0.25, 0.3) is 0 Å². The molecule has 2 aromatic carbocycles. The van der Waals surface area contributed by atoms with Crippen LogP contribution in [0.15, 0.2) is 52.3 Å². The van der Waals surface area contributed by atoms with Crippen LogP contribution >= 0.6 is 11.8 Å². The highest BCUT2D eigenvalue weighted by molar-refractivity contribution is 7.98. The number of nitrogens with one attached hydrogen (secondary N) is 1. The maximum absolute atomic E-state index is 13.2. The number of carbonyl (C=O) groups is 1. The summed E-state index contributed by atoms with van der Waals surface area (Å²) in [6.45, 7) is 7.10. The largest absolute Gasteiger partial charge is 0.339 e. The van der Waals surface area contributed by atoms with Gasteiger partial charge in [0.1, 0.15) is 0 Å². The van der Waals surface area contributed by atoms with Crippen molar-refractivity contribution in [3.05, 3.63) is 59.2 Å². The first-order valence-corrected chi connectivity index (χ1v) is 15.3. The fourth-order valence-corrected chi connectivity index (χ4v) is 6.42. The second kappa shape index (κ2) is 11.9. The normalized spacial score (nSPS) is 18.1. The van der Waals surface area contributed by atoms with E-state index in [0.717, 1.165) is 56.0 Å². The molecule has 190 valence electrons. The van der Waals surface area contributed by atoms with Gasteiger partial charge < -0.3 is 4.90 Å². The van der Waals surface area contributed by atoms with Crippen molar-refractivity contribution < 1.29 is 13.2 Å². The standard InChI is InChI=1S/C27H37N3O3S2/c1-21-12-16-30(17-13-21)27(31)25-18-24(10-11-26(25)34-2)35(32,33)28-19-22-6-8-23(9-7-22)20-29-14-4-3-5-15-29/h6-11,18,21,28H,3-5,12-17,19-20H2,1-2H3. The van der Waals surface area contributed by atoms with Crippen LogP contribution in [-0.4, -0.2) is 56.6 Å². The first-order chi connectivity index (χ1) is 16.9. The van der Waals surface area contributed by atoms with Crippen LogP contribution in [0.2, 0.25) is 0 Å². The Morgan fingerprint density at radius 3 is 2.29 bits per heavy atom. The lowest BCUT2D eigenvalue weighted by atomic mass is 9.98. The second-order valence-electron chi connectivity index (χ2n) is 9.81. The summed E-state index contributed by atoms with van der Waals surface area (Å²) in [5.74, 6) is 0.538. The van der Waals surface area contributed by atoms with Crippen LogP contribution < -0.4 is 4.72 Å². The van der Waals surface area contributed by atoms with Crippen LogP contribution in [0.5, 0.6) is 0 Å². The summed E-state index contributed by atoms with van der Waals surface area (Å²) in [5.41, 5.74) is 2.63. The Bertz CT molecular complexity index is 1100. The fraction of sp³-hybridized carbons (Fsp3) is 0.519. The molecule has 2 heterocycles. The summed E-state index contributed by atoms with van der Waals surface area (Å²) >= 11 is 1.47. The topological polar surface area (TPSA) is 69.7 Å². The predicted molar refractivity (Wildman–Crippen MR) is 142 cm³/mol. The van der Waals surface area contributed by atoms with Crippen LogP contribution in [-0.2, 0) is 23.1 Å². The highest BCUT2D eigenvalue weighted by Gasteiger charge is 2.25. The molecule has 0 atom stereocenters. The SMILES string of the molecule is CSc1ccc(S(=O)(=O)NCc2ccc(CN3CCCCC3)cc2)cc1C(=O)N1CCC(C)CC1. The van der Waals surface area contributed by atoms with Gasteiger partial charge in [-0.15, -0.1) is 11.8 Å². The monoisotopic (exact) mass is 515 g/mol. The predicted octanol–water partition coefficient (Wildman–Crippen LogP) is 4.75. The molecule has 0 aromatic heterocycles. The molecular formula is C27H37N3O3S2. The maximum atomic E-state index is 13.2. The van der Waals surface area contributed by atoms with Gasteiger partial charge in [-0.05, 0) is 80.3 Å². The first-order valence-electron chi connectivity index (χ1n) is 12.6. The number of carbonyl (C=O) groups excluding carboxylic acids is 1. The molecule has 2 fully saturated rings. The van der Waals surface area contributed by atoms with E-state index in [4.69, 9.17) is 0 Å². The molecule has 0 unspecified atom stereocenters. The Labute approximate surface area is 214 Å². The van der Waals surface area contributed by atoms with E-state index in [2.05, 4.69) is 28.7 Å². The van der Waals surface area contributed by atoms with E-state index in [-0.39, 0.29) is 17.3 Å². The summed E-state index contributed by atoms with van der Waals surface area (Å²) < 4.78 is 28.9.